The Morgan fingerprint density at radius 1 is 1.44 bits per heavy atom. The van der Waals surface area contributed by atoms with Gasteiger partial charge in [0.15, 0.2) is 0 Å². The van der Waals surface area contributed by atoms with Crippen LogP contribution in [0.1, 0.15) is 13.8 Å². The summed E-state index contributed by atoms with van der Waals surface area (Å²) in [6.07, 6.45) is 6.63. The molecule has 0 unspecified atom stereocenters. The molecule has 0 N–H and O–H groups in total. The van der Waals surface area contributed by atoms with Crippen molar-refractivity contribution in [3.63, 3.8) is 0 Å². The van der Waals surface area contributed by atoms with Gasteiger partial charge in [-0.1, -0.05) is 0 Å². The summed E-state index contributed by atoms with van der Waals surface area (Å²) < 4.78 is 4.79. The fourth-order valence-corrected chi connectivity index (χ4v) is 0.0510. The van der Waals surface area contributed by atoms with Crippen molar-refractivity contribution in [2.24, 2.45) is 0 Å². The fraction of sp³-hybridized carbons (Fsp3) is 0.667. The van der Waals surface area contributed by atoms with Gasteiger partial charge in [-0.2, -0.15) is 0 Å². The van der Waals surface area contributed by atoms with Crippen LogP contribution in [-0.2, 0) is 4.74 Å². The van der Waals surface area contributed by atoms with E-state index in [0.29, 0.717) is 0 Å². The Morgan fingerprint density at radius 3 is 1.78 bits per heavy atom. The smallest absolute Gasteiger partial charge is 1.00 e. The minimum Gasteiger partial charge on any atom is -1.00 e. The molecule has 1 nitrogen and oxygen atoms in total. The summed E-state index contributed by atoms with van der Waals surface area (Å²) in [5.74, 6) is 2.22. The normalized spacial score (nSPS) is 8.22. The van der Waals surface area contributed by atoms with E-state index in [2.05, 4.69) is 5.92 Å². The van der Waals surface area contributed by atoms with Crippen molar-refractivity contribution < 1.29 is 21.7 Å². The Kier molecular flexibility index (Phi) is 12.5. The molecular formula is C6H9BrMgO. The number of hydrogen-bond acceptors (Lipinski definition) is 1. The van der Waals surface area contributed by atoms with Crippen LogP contribution in [0.15, 0.2) is 0 Å². The summed E-state index contributed by atoms with van der Waals surface area (Å²) in [6, 6.07) is 0. The van der Waals surface area contributed by atoms with Crippen LogP contribution in [0, 0.1) is 12.3 Å². The number of rotatable bonds is 1. The van der Waals surface area contributed by atoms with Crippen molar-refractivity contribution in [1.29, 1.82) is 0 Å². The zero-order valence-electron chi connectivity index (χ0n) is 5.99. The van der Waals surface area contributed by atoms with Gasteiger partial charge in [0.2, 0.25) is 0 Å². The summed E-state index contributed by atoms with van der Waals surface area (Å²) >= 11 is 0. The predicted molar refractivity (Wildman–Crippen MR) is 34.0 cm³/mol. The van der Waals surface area contributed by atoms with Crippen LogP contribution in [0.4, 0.5) is 0 Å². The van der Waals surface area contributed by atoms with Gasteiger partial charge in [-0.3, -0.25) is 0 Å². The molecule has 0 rings (SSSR count). The zero-order valence-corrected chi connectivity index (χ0v) is 8.99. The first-order chi connectivity index (χ1) is 3.12. The molecule has 0 aliphatic carbocycles. The largest absolute Gasteiger partial charge is 2.00 e. The Bertz CT molecular complexity index is 95.7. The molecule has 3 heteroatoms. The molecule has 0 radical (unpaired) electrons. The van der Waals surface area contributed by atoms with Crippen LogP contribution in [0.3, 0.4) is 0 Å². The molecule has 0 aliphatic heterocycles. The Balaban J connectivity index is -0.000000180. The van der Waals surface area contributed by atoms with E-state index in [1.165, 1.54) is 0 Å². The number of ether oxygens (including phenoxy) is 1. The van der Waals surface area contributed by atoms with Crippen LogP contribution in [-0.4, -0.2) is 35.8 Å². The van der Waals surface area contributed by atoms with E-state index in [1.54, 1.807) is 21.0 Å². The molecule has 0 spiro atoms. The van der Waals surface area contributed by atoms with Crippen molar-refractivity contribution in [2.75, 3.05) is 7.11 Å². The second-order valence-corrected chi connectivity index (χ2v) is 1.84. The van der Waals surface area contributed by atoms with Gasteiger partial charge in [-0.05, 0) is 13.8 Å². The number of methoxy groups -OCH3 is 1. The van der Waals surface area contributed by atoms with Crippen molar-refractivity contribution in [3.8, 4) is 5.92 Å². The molecule has 0 aromatic heterocycles. The monoisotopic (exact) mass is 200 g/mol. The van der Waals surface area contributed by atoms with Crippen LogP contribution in [0.5, 0.6) is 0 Å². The maximum absolute atomic E-state index is 6.63. The first-order valence-corrected chi connectivity index (χ1v) is 2.11. The second-order valence-electron chi connectivity index (χ2n) is 1.84. The van der Waals surface area contributed by atoms with E-state index >= 15 is 0 Å². The summed E-state index contributed by atoms with van der Waals surface area (Å²) in [6.45, 7) is 3.56. The van der Waals surface area contributed by atoms with Gasteiger partial charge in [0.1, 0.15) is 0 Å². The fourth-order valence-electron chi connectivity index (χ4n) is 0.0510. The van der Waals surface area contributed by atoms with E-state index in [9.17, 15) is 0 Å². The van der Waals surface area contributed by atoms with Crippen LogP contribution in [0.2, 0.25) is 0 Å². The third-order valence-electron chi connectivity index (χ3n) is 0.811. The topological polar surface area (TPSA) is 9.23 Å². The molecule has 0 aromatic rings. The summed E-state index contributed by atoms with van der Waals surface area (Å²) in [5, 5.41) is 0. The molecule has 0 heterocycles. The average Bonchev–Trinajstić information content (AvgIpc) is 1.68. The van der Waals surface area contributed by atoms with Gasteiger partial charge in [-0.15, -0.1) is 0 Å². The third-order valence-corrected chi connectivity index (χ3v) is 0.811. The van der Waals surface area contributed by atoms with E-state index in [-0.39, 0.29) is 40.0 Å². The first kappa shape index (κ1) is 16.4. The molecule has 0 atom stereocenters. The van der Waals surface area contributed by atoms with Gasteiger partial charge >= 0.3 is 23.1 Å². The molecule has 0 fully saturated rings. The maximum atomic E-state index is 6.63. The van der Waals surface area contributed by atoms with Crippen molar-refractivity contribution >= 4 is 23.1 Å². The molecule has 0 aromatic carbocycles. The van der Waals surface area contributed by atoms with E-state index < -0.39 is 5.60 Å². The van der Waals surface area contributed by atoms with Gasteiger partial charge in [0.05, 0.1) is 5.60 Å². The SMILES string of the molecule is [Br-].[C-]#CC(C)(C)OC.[Mg+2]. The molecule has 9 heavy (non-hydrogen) atoms. The molecular weight excluding hydrogens is 192 g/mol. The third kappa shape index (κ3) is 8.77. The van der Waals surface area contributed by atoms with Gasteiger partial charge in [-0.25, -0.2) is 0 Å². The summed E-state index contributed by atoms with van der Waals surface area (Å²) in [7, 11) is 1.56. The molecule has 0 saturated heterocycles. The van der Waals surface area contributed by atoms with Gasteiger partial charge < -0.3 is 34.1 Å². The summed E-state index contributed by atoms with van der Waals surface area (Å²) in [4.78, 5) is 0. The maximum Gasteiger partial charge on any atom is 2.00 e. The quantitative estimate of drug-likeness (QED) is 0.262. The standard InChI is InChI=1S/C6H9O.BrH.Mg/c1-5-6(2,3)7-4;;/h2-4H3;1H;/q-1;;+2/p-1. The van der Waals surface area contributed by atoms with Crippen molar-refractivity contribution in [2.45, 2.75) is 19.4 Å². The van der Waals surface area contributed by atoms with Crippen molar-refractivity contribution in [1.82, 2.24) is 0 Å². The predicted octanol–water partition coefficient (Wildman–Crippen LogP) is -2.38. The Morgan fingerprint density at radius 2 is 1.78 bits per heavy atom. The first-order valence-electron chi connectivity index (χ1n) is 2.11. The molecule has 48 valence electrons. The van der Waals surface area contributed by atoms with Crippen LogP contribution >= 0.6 is 0 Å². The number of halogens is 1. The minimum absolute atomic E-state index is 0. The van der Waals surface area contributed by atoms with E-state index in [0.717, 1.165) is 0 Å². The molecule has 0 amide bonds. The zero-order chi connectivity index (χ0) is 5.91. The van der Waals surface area contributed by atoms with E-state index in [1.807, 2.05) is 0 Å². The Hall–Kier alpha value is 0.766. The number of hydrogen-bond donors (Lipinski definition) is 0. The molecule has 0 aliphatic rings. The summed E-state index contributed by atoms with van der Waals surface area (Å²) in [5.41, 5.74) is -0.500. The van der Waals surface area contributed by atoms with Gasteiger partial charge in [0.25, 0.3) is 0 Å². The van der Waals surface area contributed by atoms with Crippen LogP contribution < -0.4 is 17.0 Å². The molecule has 0 saturated carbocycles. The minimum atomic E-state index is -0.500. The average molecular weight is 201 g/mol. The van der Waals surface area contributed by atoms with Crippen LogP contribution in [0.25, 0.3) is 0 Å². The Labute approximate surface area is 83.5 Å². The van der Waals surface area contributed by atoms with Gasteiger partial charge in [0, 0.05) is 7.11 Å². The second kappa shape index (κ2) is 6.88. The van der Waals surface area contributed by atoms with E-state index in [4.69, 9.17) is 11.2 Å². The van der Waals surface area contributed by atoms with Crippen molar-refractivity contribution in [3.05, 3.63) is 6.42 Å². The molecule has 0 bridgehead atoms.